The van der Waals surface area contributed by atoms with Crippen molar-refractivity contribution in [3.63, 3.8) is 0 Å². The van der Waals surface area contributed by atoms with Crippen LogP contribution in [0.3, 0.4) is 0 Å². The van der Waals surface area contributed by atoms with Crippen LogP contribution in [0.25, 0.3) is 0 Å². The maximum atomic E-state index is 15.2. The lowest BCUT2D eigenvalue weighted by molar-refractivity contribution is -0.380. The Balaban J connectivity index is 1.46. The number of amides is 3. The number of carbonyl (C=O) groups is 3. The summed E-state index contributed by atoms with van der Waals surface area (Å²) in [5.41, 5.74) is 0.767. The highest BCUT2D eigenvalue weighted by molar-refractivity contribution is 7.18. The van der Waals surface area contributed by atoms with Crippen LogP contribution in [0.2, 0.25) is 0 Å². The molecule has 188 valence electrons. The van der Waals surface area contributed by atoms with E-state index in [4.69, 9.17) is 4.74 Å². The number of likely N-dealkylation sites (N-methyl/N-ethyl adjacent to an activating group) is 1. The van der Waals surface area contributed by atoms with Gasteiger partial charge in [-0.25, -0.2) is 14.2 Å². The fraction of sp³-hybridized carbons (Fsp3) is 0.273. The molecule has 14 heteroatoms. The lowest BCUT2D eigenvalue weighted by atomic mass is 10.0. The number of carbonyl (C=O) groups excluding carboxylic acids is 3. The Bertz CT molecular complexity index is 1290. The van der Waals surface area contributed by atoms with Crippen LogP contribution in [0.15, 0.2) is 48.3 Å². The Morgan fingerprint density at radius 1 is 1.39 bits per heavy atom. The number of allylic oxidation sites excluding steroid dienone is 2. The summed E-state index contributed by atoms with van der Waals surface area (Å²) in [6.45, 7) is 1.67. The zero-order chi connectivity index (χ0) is 26.0. The molecule has 2 aliphatic rings. The Morgan fingerprint density at radius 3 is 2.83 bits per heavy atom. The van der Waals surface area contributed by atoms with Crippen molar-refractivity contribution in [2.45, 2.75) is 19.1 Å². The highest BCUT2D eigenvalue weighted by Gasteiger charge is 2.33. The minimum atomic E-state index is -0.642. The molecule has 0 spiro atoms. The van der Waals surface area contributed by atoms with E-state index in [2.05, 4.69) is 15.6 Å². The van der Waals surface area contributed by atoms with Gasteiger partial charge in [-0.1, -0.05) is 18.2 Å². The van der Waals surface area contributed by atoms with Crippen molar-refractivity contribution < 1.29 is 28.4 Å². The van der Waals surface area contributed by atoms with Crippen molar-refractivity contribution in [3.8, 4) is 0 Å². The first-order chi connectivity index (χ1) is 17.1. The van der Waals surface area contributed by atoms with E-state index in [1.165, 1.54) is 30.0 Å². The molecule has 0 saturated carbocycles. The number of nitrogens with zero attached hydrogens (tertiary/aromatic N) is 4. The van der Waals surface area contributed by atoms with Crippen LogP contribution in [-0.2, 0) is 14.3 Å². The number of hydrogen-bond acceptors (Lipinski definition) is 9. The second kappa shape index (κ2) is 10.1. The van der Waals surface area contributed by atoms with Gasteiger partial charge in [0.2, 0.25) is 5.91 Å². The zero-order valence-corrected chi connectivity index (χ0v) is 20.0. The largest absolute Gasteiger partial charge is 0.442 e. The molecule has 2 atom stereocenters. The number of thiazole rings is 1. The van der Waals surface area contributed by atoms with Crippen molar-refractivity contribution in [1.82, 2.24) is 15.2 Å². The number of nitrogens with one attached hydrogen (secondary N) is 2. The molecular weight excluding hydrogens is 495 g/mol. The van der Waals surface area contributed by atoms with Crippen molar-refractivity contribution in [1.29, 1.82) is 0 Å². The lowest BCUT2D eigenvalue weighted by Gasteiger charge is -2.32. The molecule has 1 fully saturated rings. The topological polar surface area (TPSA) is 147 Å². The third-order valence-corrected chi connectivity index (χ3v) is 6.40. The number of anilines is 2. The fourth-order valence-corrected chi connectivity index (χ4v) is 4.41. The van der Waals surface area contributed by atoms with Crippen LogP contribution < -0.4 is 15.5 Å². The molecule has 2 unspecified atom stereocenters. The molecule has 2 aromatic rings. The predicted molar refractivity (Wildman–Crippen MR) is 128 cm³/mol. The number of hydrogen-bond donors (Lipinski definition) is 2. The minimum Gasteiger partial charge on any atom is -0.442 e. The standard InChI is InChI=1S/C22H21FN6O6S/c1-12(30)24-9-14-11-28(22(32)35-14)13-6-7-15(16(23)8-13)17-4-3-5-18(27(17)2)20(31)26-21-25-10-19(36-21)29(33)34/h3-8,10,14,17H,9,11H2,1-2H3,(H,24,30)(H,25,26,31). The van der Waals surface area contributed by atoms with E-state index in [1.54, 1.807) is 30.2 Å². The van der Waals surface area contributed by atoms with E-state index in [0.29, 0.717) is 5.69 Å². The van der Waals surface area contributed by atoms with Crippen LogP contribution in [0.4, 0.5) is 25.0 Å². The minimum absolute atomic E-state index is 0.0666. The smallest absolute Gasteiger partial charge is 0.414 e. The van der Waals surface area contributed by atoms with Gasteiger partial charge in [-0.05, 0) is 29.5 Å². The molecule has 0 aliphatic carbocycles. The van der Waals surface area contributed by atoms with Gasteiger partial charge in [0.15, 0.2) is 5.13 Å². The average Bonchev–Trinajstić information content (AvgIpc) is 3.44. The number of nitro groups is 1. The third kappa shape index (κ3) is 5.17. The van der Waals surface area contributed by atoms with Crippen LogP contribution >= 0.6 is 11.3 Å². The van der Waals surface area contributed by atoms with Crippen LogP contribution in [0.5, 0.6) is 0 Å². The Hall–Kier alpha value is -4.33. The molecule has 36 heavy (non-hydrogen) atoms. The van der Waals surface area contributed by atoms with E-state index < -0.39 is 34.9 Å². The first-order valence-electron chi connectivity index (χ1n) is 10.7. The Kier molecular flexibility index (Phi) is 6.96. The van der Waals surface area contributed by atoms with Crippen molar-refractivity contribution in [2.24, 2.45) is 0 Å². The highest BCUT2D eigenvalue weighted by atomic mass is 32.1. The third-order valence-electron chi connectivity index (χ3n) is 5.54. The molecule has 4 rings (SSSR count). The summed E-state index contributed by atoms with van der Waals surface area (Å²) < 4.78 is 20.4. The van der Waals surface area contributed by atoms with Gasteiger partial charge in [-0.15, -0.1) is 0 Å². The molecule has 0 radical (unpaired) electrons. The molecule has 1 saturated heterocycles. The maximum absolute atomic E-state index is 15.2. The maximum Gasteiger partial charge on any atom is 0.414 e. The molecule has 12 nitrogen and oxygen atoms in total. The summed E-state index contributed by atoms with van der Waals surface area (Å²) in [6.07, 6.45) is 4.71. The summed E-state index contributed by atoms with van der Waals surface area (Å²) >= 11 is 0.724. The number of cyclic esters (lactones) is 1. The summed E-state index contributed by atoms with van der Waals surface area (Å²) in [5, 5.41) is 15.8. The molecule has 0 bridgehead atoms. The van der Waals surface area contributed by atoms with Crippen molar-refractivity contribution in [3.05, 3.63) is 69.8 Å². The summed E-state index contributed by atoms with van der Waals surface area (Å²) in [7, 11) is 1.61. The summed E-state index contributed by atoms with van der Waals surface area (Å²) in [4.78, 5) is 53.0. The monoisotopic (exact) mass is 516 g/mol. The van der Waals surface area contributed by atoms with Gasteiger partial charge in [0, 0.05) is 19.5 Å². The number of ether oxygens (including phenoxy) is 1. The normalized spacial score (nSPS) is 19.1. The number of aromatic nitrogens is 1. The van der Waals surface area contributed by atoms with E-state index in [0.717, 1.165) is 17.5 Å². The van der Waals surface area contributed by atoms with E-state index >= 15 is 4.39 Å². The first-order valence-corrected chi connectivity index (χ1v) is 11.5. The second-order valence-electron chi connectivity index (χ2n) is 7.97. The average molecular weight is 517 g/mol. The van der Waals surface area contributed by atoms with Gasteiger partial charge < -0.3 is 15.0 Å². The lowest BCUT2D eigenvalue weighted by Crippen LogP contribution is -2.33. The van der Waals surface area contributed by atoms with Crippen LogP contribution in [-0.4, -0.2) is 59.0 Å². The molecular formula is C22H21FN6O6S. The Labute approximate surface area is 208 Å². The van der Waals surface area contributed by atoms with Gasteiger partial charge in [0.1, 0.15) is 23.8 Å². The second-order valence-corrected chi connectivity index (χ2v) is 8.98. The van der Waals surface area contributed by atoms with Gasteiger partial charge in [0.25, 0.3) is 5.91 Å². The quantitative estimate of drug-likeness (QED) is 0.422. The molecule has 3 amide bonds. The predicted octanol–water partition coefficient (Wildman–Crippen LogP) is 2.72. The van der Waals surface area contributed by atoms with Crippen molar-refractivity contribution >= 4 is 45.1 Å². The molecule has 1 aromatic heterocycles. The van der Waals surface area contributed by atoms with Gasteiger partial charge in [0.05, 0.1) is 29.7 Å². The fourth-order valence-electron chi connectivity index (χ4n) is 3.79. The van der Waals surface area contributed by atoms with Crippen LogP contribution in [0, 0.1) is 15.9 Å². The summed E-state index contributed by atoms with van der Waals surface area (Å²) in [6, 6.07) is 3.68. The SMILES string of the molecule is CC(=O)NCC1CN(c2ccc(C3C=CC=C(C(=O)Nc4ncc([N+](=O)[O-])s4)N3C)c(F)c2)C(=O)O1. The van der Waals surface area contributed by atoms with E-state index in [9.17, 15) is 24.5 Å². The molecule has 2 aliphatic heterocycles. The van der Waals surface area contributed by atoms with E-state index in [-0.39, 0.29) is 40.4 Å². The number of rotatable bonds is 7. The van der Waals surface area contributed by atoms with Gasteiger partial charge in [-0.2, -0.15) is 0 Å². The highest BCUT2D eigenvalue weighted by Crippen LogP contribution is 2.33. The zero-order valence-electron chi connectivity index (χ0n) is 19.1. The summed E-state index contributed by atoms with van der Waals surface area (Å²) in [5.74, 6) is -1.40. The van der Waals surface area contributed by atoms with Crippen molar-refractivity contribution in [2.75, 3.05) is 30.4 Å². The molecule has 3 heterocycles. The molecule has 1 aromatic carbocycles. The number of halogens is 1. The molecule has 2 N–H and O–H groups in total. The van der Waals surface area contributed by atoms with Gasteiger partial charge >= 0.3 is 11.1 Å². The van der Waals surface area contributed by atoms with E-state index in [1.807, 2.05) is 0 Å². The Morgan fingerprint density at radius 2 is 2.17 bits per heavy atom. The first kappa shape index (κ1) is 24.8. The van der Waals surface area contributed by atoms with Crippen LogP contribution in [0.1, 0.15) is 18.5 Å². The van der Waals surface area contributed by atoms with Gasteiger partial charge in [-0.3, -0.25) is 29.9 Å². The number of benzene rings is 1.